The second kappa shape index (κ2) is 6.70. The minimum absolute atomic E-state index is 0.0599. The van der Waals surface area contributed by atoms with Gasteiger partial charge < -0.3 is 9.88 Å². The molecule has 0 aliphatic rings. The maximum atomic E-state index is 11.2. The quantitative estimate of drug-likeness (QED) is 0.749. The lowest BCUT2D eigenvalue weighted by Gasteiger charge is -2.04. The van der Waals surface area contributed by atoms with Crippen molar-refractivity contribution in [1.29, 1.82) is 0 Å². The molecular weight excluding hydrogens is 244 g/mol. The molecule has 90 valence electrons. The zero-order valence-electron chi connectivity index (χ0n) is 9.45. The zero-order valence-corrected chi connectivity index (χ0v) is 11.1. The molecule has 2 N–H and O–H groups in total. The Morgan fingerprint density at radius 2 is 2.44 bits per heavy atom. The maximum Gasteiger partial charge on any atom is 0.229 e. The molecule has 0 aliphatic heterocycles. The van der Waals surface area contributed by atoms with Crippen LogP contribution in [0.1, 0.15) is 12.7 Å². The summed E-state index contributed by atoms with van der Waals surface area (Å²) in [5, 5.41) is 9.70. The Morgan fingerprint density at radius 3 is 3.06 bits per heavy atom. The molecule has 0 radical (unpaired) electrons. The smallest absolute Gasteiger partial charge is 0.229 e. The standard InChI is InChI=1S/C9H16N4OS2/c1-3-13-7(11-12-9(13)15)4-5-10-8(14)6-16-2/h3-6H2,1-2H3,(H,10,14)(H,12,15). The molecule has 1 heterocycles. The maximum absolute atomic E-state index is 11.2. The monoisotopic (exact) mass is 260 g/mol. The summed E-state index contributed by atoms with van der Waals surface area (Å²) in [7, 11) is 0. The summed E-state index contributed by atoms with van der Waals surface area (Å²) >= 11 is 6.58. The molecule has 1 rings (SSSR count). The van der Waals surface area contributed by atoms with Gasteiger partial charge in [0.2, 0.25) is 5.91 Å². The average Bonchev–Trinajstić information content (AvgIpc) is 2.60. The van der Waals surface area contributed by atoms with E-state index in [0.29, 0.717) is 23.5 Å². The lowest BCUT2D eigenvalue weighted by molar-refractivity contribution is -0.118. The fraction of sp³-hybridized carbons (Fsp3) is 0.667. The van der Waals surface area contributed by atoms with E-state index in [0.717, 1.165) is 12.4 Å². The summed E-state index contributed by atoms with van der Waals surface area (Å²) in [4.78, 5) is 11.2. The lowest BCUT2D eigenvalue weighted by atomic mass is 10.4. The van der Waals surface area contributed by atoms with E-state index in [4.69, 9.17) is 12.2 Å². The second-order valence-electron chi connectivity index (χ2n) is 3.22. The van der Waals surface area contributed by atoms with Crippen molar-refractivity contribution >= 4 is 29.9 Å². The fourth-order valence-electron chi connectivity index (χ4n) is 1.36. The van der Waals surface area contributed by atoms with Crippen LogP contribution in [0.2, 0.25) is 0 Å². The molecular formula is C9H16N4OS2. The van der Waals surface area contributed by atoms with E-state index in [1.54, 1.807) is 0 Å². The van der Waals surface area contributed by atoms with Crippen molar-refractivity contribution in [3.8, 4) is 0 Å². The summed E-state index contributed by atoms with van der Waals surface area (Å²) < 4.78 is 2.56. The van der Waals surface area contributed by atoms with Crippen molar-refractivity contribution in [2.24, 2.45) is 0 Å². The molecule has 0 bridgehead atoms. The van der Waals surface area contributed by atoms with E-state index in [2.05, 4.69) is 15.5 Å². The Morgan fingerprint density at radius 1 is 1.69 bits per heavy atom. The fourth-order valence-corrected chi connectivity index (χ4v) is 2.01. The van der Waals surface area contributed by atoms with Crippen LogP contribution in [0.3, 0.4) is 0 Å². The number of carbonyl (C=O) groups is 1. The number of hydrogen-bond acceptors (Lipinski definition) is 4. The topological polar surface area (TPSA) is 62.7 Å². The molecule has 0 saturated carbocycles. The predicted octanol–water partition coefficient (Wildman–Crippen LogP) is 0.982. The van der Waals surface area contributed by atoms with Crippen molar-refractivity contribution in [1.82, 2.24) is 20.1 Å². The highest BCUT2D eigenvalue weighted by Gasteiger charge is 2.05. The van der Waals surface area contributed by atoms with Gasteiger partial charge >= 0.3 is 0 Å². The van der Waals surface area contributed by atoms with E-state index < -0.39 is 0 Å². The van der Waals surface area contributed by atoms with Crippen LogP contribution in [0.15, 0.2) is 0 Å². The first-order valence-corrected chi connectivity index (χ1v) is 6.89. The van der Waals surface area contributed by atoms with E-state index >= 15 is 0 Å². The molecule has 0 unspecified atom stereocenters. The molecule has 0 atom stereocenters. The number of amides is 1. The SMILES string of the molecule is CCn1c(CCNC(=O)CSC)n[nH]c1=S. The zero-order chi connectivity index (χ0) is 12.0. The van der Waals surface area contributed by atoms with Crippen LogP contribution in [0.25, 0.3) is 0 Å². The van der Waals surface area contributed by atoms with Gasteiger partial charge in [0.15, 0.2) is 4.77 Å². The van der Waals surface area contributed by atoms with Crippen molar-refractivity contribution in [2.45, 2.75) is 19.9 Å². The van der Waals surface area contributed by atoms with Crippen LogP contribution < -0.4 is 5.32 Å². The molecule has 1 amide bonds. The number of thioether (sulfide) groups is 1. The molecule has 1 aromatic heterocycles. The predicted molar refractivity (Wildman–Crippen MR) is 68.2 cm³/mol. The van der Waals surface area contributed by atoms with E-state index in [1.165, 1.54) is 11.8 Å². The highest BCUT2D eigenvalue weighted by Crippen LogP contribution is 1.98. The Bertz CT molecular complexity index is 398. The Balaban J connectivity index is 2.43. The van der Waals surface area contributed by atoms with Gasteiger partial charge in [0.1, 0.15) is 5.82 Å². The largest absolute Gasteiger partial charge is 0.355 e. The van der Waals surface area contributed by atoms with E-state index in [-0.39, 0.29) is 5.91 Å². The van der Waals surface area contributed by atoms with E-state index in [9.17, 15) is 4.79 Å². The van der Waals surface area contributed by atoms with Crippen LogP contribution in [0.4, 0.5) is 0 Å². The molecule has 0 fully saturated rings. The van der Waals surface area contributed by atoms with Crippen LogP contribution in [-0.2, 0) is 17.8 Å². The first kappa shape index (κ1) is 13.2. The van der Waals surface area contributed by atoms with Gasteiger partial charge in [-0.1, -0.05) is 0 Å². The normalized spacial score (nSPS) is 10.4. The Hall–Kier alpha value is -0.820. The third-order valence-electron chi connectivity index (χ3n) is 2.10. The molecule has 0 spiro atoms. The molecule has 5 nitrogen and oxygen atoms in total. The molecule has 7 heteroatoms. The number of aromatic amines is 1. The molecule has 0 saturated heterocycles. The number of nitrogens with one attached hydrogen (secondary N) is 2. The minimum atomic E-state index is 0.0599. The molecule has 1 aromatic rings. The highest BCUT2D eigenvalue weighted by atomic mass is 32.2. The van der Waals surface area contributed by atoms with Crippen molar-refractivity contribution < 1.29 is 4.79 Å². The Labute approximate surface area is 104 Å². The van der Waals surface area contributed by atoms with Gasteiger partial charge in [-0.3, -0.25) is 9.89 Å². The van der Waals surface area contributed by atoms with Gasteiger partial charge in [0.25, 0.3) is 0 Å². The van der Waals surface area contributed by atoms with Gasteiger partial charge in [-0.05, 0) is 25.4 Å². The number of nitrogens with zero attached hydrogens (tertiary/aromatic N) is 2. The summed E-state index contributed by atoms with van der Waals surface area (Å²) in [5.41, 5.74) is 0. The van der Waals surface area contributed by atoms with Gasteiger partial charge in [0.05, 0.1) is 5.75 Å². The number of aromatic nitrogens is 3. The summed E-state index contributed by atoms with van der Waals surface area (Å²) in [6, 6.07) is 0. The van der Waals surface area contributed by atoms with Gasteiger partial charge in [0, 0.05) is 19.5 Å². The van der Waals surface area contributed by atoms with Crippen molar-refractivity contribution in [2.75, 3.05) is 18.6 Å². The highest BCUT2D eigenvalue weighted by molar-refractivity contribution is 7.99. The summed E-state index contributed by atoms with van der Waals surface area (Å²) in [6.45, 7) is 3.41. The van der Waals surface area contributed by atoms with Gasteiger partial charge in [-0.25, -0.2) is 0 Å². The van der Waals surface area contributed by atoms with Crippen LogP contribution in [0.5, 0.6) is 0 Å². The Kier molecular flexibility index (Phi) is 5.54. The number of rotatable bonds is 6. The van der Waals surface area contributed by atoms with Crippen molar-refractivity contribution in [3.05, 3.63) is 10.6 Å². The van der Waals surface area contributed by atoms with Crippen molar-refractivity contribution in [3.63, 3.8) is 0 Å². The molecule has 0 aromatic carbocycles. The number of hydrogen-bond donors (Lipinski definition) is 2. The van der Waals surface area contributed by atoms with Crippen LogP contribution in [-0.4, -0.2) is 39.2 Å². The van der Waals surface area contributed by atoms with Crippen LogP contribution in [0, 0.1) is 4.77 Å². The third kappa shape index (κ3) is 3.64. The second-order valence-corrected chi connectivity index (χ2v) is 4.47. The van der Waals surface area contributed by atoms with Crippen LogP contribution >= 0.6 is 24.0 Å². The first-order valence-electron chi connectivity index (χ1n) is 5.08. The average molecular weight is 260 g/mol. The molecule has 16 heavy (non-hydrogen) atoms. The third-order valence-corrected chi connectivity index (χ3v) is 2.96. The number of H-pyrrole nitrogens is 1. The van der Waals surface area contributed by atoms with E-state index in [1.807, 2.05) is 17.7 Å². The van der Waals surface area contributed by atoms with Gasteiger partial charge in [-0.15, -0.1) is 0 Å². The summed E-state index contributed by atoms with van der Waals surface area (Å²) in [5.74, 6) is 1.45. The van der Waals surface area contributed by atoms with Gasteiger partial charge in [-0.2, -0.15) is 16.9 Å². The minimum Gasteiger partial charge on any atom is -0.355 e. The number of carbonyl (C=O) groups excluding carboxylic acids is 1. The lowest BCUT2D eigenvalue weighted by Crippen LogP contribution is -2.27. The summed E-state index contributed by atoms with van der Waals surface area (Å²) in [6.07, 6.45) is 2.60. The molecule has 0 aliphatic carbocycles. The first-order chi connectivity index (χ1) is 7.69.